The summed E-state index contributed by atoms with van der Waals surface area (Å²) in [7, 11) is 0. The second-order valence-corrected chi connectivity index (χ2v) is 5.92. The molecule has 22 heavy (non-hydrogen) atoms. The van der Waals surface area contributed by atoms with Crippen LogP contribution in [0.3, 0.4) is 0 Å². The van der Waals surface area contributed by atoms with E-state index in [0.717, 1.165) is 5.56 Å². The van der Waals surface area contributed by atoms with Crippen molar-refractivity contribution in [3.8, 4) is 0 Å². The zero-order valence-corrected chi connectivity index (χ0v) is 13.2. The molecule has 7 nitrogen and oxygen atoms in total. The highest BCUT2D eigenvalue weighted by atomic mass is 16.6. The van der Waals surface area contributed by atoms with Gasteiger partial charge in [0.25, 0.3) is 0 Å². The predicted octanol–water partition coefficient (Wildman–Crippen LogP) is 2.58. The highest BCUT2D eigenvalue weighted by molar-refractivity contribution is 5.68. The number of aryl methyl sites for hydroxylation is 1. The quantitative estimate of drug-likeness (QED) is 0.933. The van der Waals surface area contributed by atoms with Gasteiger partial charge in [0, 0.05) is 25.7 Å². The highest BCUT2D eigenvalue weighted by Crippen LogP contribution is 2.18. The molecule has 0 aliphatic heterocycles. The van der Waals surface area contributed by atoms with Crippen LogP contribution in [-0.2, 0) is 11.2 Å². The number of hydrogen-bond acceptors (Lipinski definition) is 6. The van der Waals surface area contributed by atoms with Crippen LogP contribution >= 0.6 is 0 Å². The Morgan fingerprint density at radius 1 is 1.41 bits per heavy atom. The lowest BCUT2D eigenvalue weighted by molar-refractivity contribution is 0.0495. The Hall–Kier alpha value is -2.44. The molecule has 0 fully saturated rings. The van der Waals surface area contributed by atoms with E-state index in [9.17, 15) is 4.79 Å². The van der Waals surface area contributed by atoms with Gasteiger partial charge in [0.1, 0.15) is 11.6 Å². The van der Waals surface area contributed by atoms with Gasteiger partial charge in [0.15, 0.2) is 0 Å². The van der Waals surface area contributed by atoms with Crippen molar-refractivity contribution in [1.82, 2.24) is 20.5 Å². The standard InChI is InChI=1S/C15H20N4O3/c1-10-18-19-13(21-10)12(8-11-6-5-7-16-9-11)17-14(20)22-15(2,3)4/h5-7,9,12H,8H2,1-4H3,(H,17,20)/t12-/m1/s1. The summed E-state index contributed by atoms with van der Waals surface area (Å²) < 4.78 is 10.7. The van der Waals surface area contributed by atoms with Crippen LogP contribution in [-0.4, -0.2) is 26.9 Å². The highest BCUT2D eigenvalue weighted by Gasteiger charge is 2.24. The molecule has 0 unspecified atom stereocenters. The summed E-state index contributed by atoms with van der Waals surface area (Å²) in [5, 5.41) is 10.6. The minimum Gasteiger partial charge on any atom is -0.444 e. The van der Waals surface area contributed by atoms with Crippen LogP contribution in [0.2, 0.25) is 0 Å². The fourth-order valence-electron chi connectivity index (χ4n) is 1.86. The van der Waals surface area contributed by atoms with Crippen molar-refractivity contribution in [2.75, 3.05) is 0 Å². The number of hydrogen-bond donors (Lipinski definition) is 1. The van der Waals surface area contributed by atoms with Gasteiger partial charge in [-0.1, -0.05) is 6.07 Å². The Morgan fingerprint density at radius 2 is 2.18 bits per heavy atom. The number of amides is 1. The number of carbonyl (C=O) groups excluding carboxylic acids is 1. The van der Waals surface area contributed by atoms with Crippen molar-refractivity contribution < 1.29 is 13.9 Å². The van der Waals surface area contributed by atoms with E-state index in [0.29, 0.717) is 18.2 Å². The normalized spacial score (nSPS) is 12.7. The average Bonchev–Trinajstić information content (AvgIpc) is 2.84. The summed E-state index contributed by atoms with van der Waals surface area (Å²) in [5.74, 6) is 0.782. The molecule has 0 saturated heterocycles. The molecular formula is C15H20N4O3. The number of nitrogens with one attached hydrogen (secondary N) is 1. The number of carbonyl (C=O) groups is 1. The first kappa shape index (κ1) is 15.9. The maximum absolute atomic E-state index is 12.0. The number of pyridine rings is 1. The molecule has 1 atom stereocenters. The average molecular weight is 304 g/mol. The lowest BCUT2D eigenvalue weighted by Gasteiger charge is -2.22. The third-order valence-electron chi connectivity index (χ3n) is 2.69. The first-order chi connectivity index (χ1) is 10.3. The van der Waals surface area contributed by atoms with Crippen molar-refractivity contribution in [2.45, 2.75) is 45.8 Å². The van der Waals surface area contributed by atoms with Gasteiger partial charge in [-0.05, 0) is 32.4 Å². The molecule has 0 aliphatic carbocycles. The molecule has 2 heterocycles. The lowest BCUT2D eigenvalue weighted by atomic mass is 10.1. The minimum atomic E-state index is -0.576. The minimum absolute atomic E-state index is 0.340. The summed E-state index contributed by atoms with van der Waals surface area (Å²) in [4.78, 5) is 16.1. The van der Waals surface area contributed by atoms with Crippen molar-refractivity contribution in [3.63, 3.8) is 0 Å². The van der Waals surface area contributed by atoms with Crippen LogP contribution in [0.5, 0.6) is 0 Å². The van der Waals surface area contributed by atoms with Crippen LogP contribution in [0.15, 0.2) is 28.9 Å². The van der Waals surface area contributed by atoms with E-state index in [4.69, 9.17) is 9.15 Å². The van der Waals surface area contributed by atoms with Gasteiger partial charge in [0.05, 0.1) is 0 Å². The molecule has 2 rings (SSSR count). The summed E-state index contributed by atoms with van der Waals surface area (Å²) in [6, 6.07) is 3.28. The van der Waals surface area contributed by atoms with Crippen LogP contribution in [0, 0.1) is 6.92 Å². The molecule has 2 aromatic heterocycles. The number of alkyl carbamates (subject to hydrolysis) is 1. The molecule has 7 heteroatoms. The number of aromatic nitrogens is 3. The maximum atomic E-state index is 12.0. The molecule has 0 spiro atoms. The molecule has 0 aromatic carbocycles. The van der Waals surface area contributed by atoms with Gasteiger partial charge in [0.2, 0.25) is 11.8 Å². The first-order valence-corrected chi connectivity index (χ1v) is 7.02. The van der Waals surface area contributed by atoms with Crippen LogP contribution < -0.4 is 5.32 Å². The van der Waals surface area contributed by atoms with E-state index in [1.54, 1.807) is 40.1 Å². The van der Waals surface area contributed by atoms with Crippen LogP contribution in [0.25, 0.3) is 0 Å². The fourth-order valence-corrected chi connectivity index (χ4v) is 1.86. The zero-order chi connectivity index (χ0) is 16.2. The summed E-state index contributed by atoms with van der Waals surface area (Å²) in [6.45, 7) is 7.11. The van der Waals surface area contributed by atoms with Gasteiger partial charge >= 0.3 is 6.09 Å². The molecule has 1 N–H and O–H groups in total. The number of nitrogens with zero attached hydrogens (tertiary/aromatic N) is 3. The molecule has 0 saturated carbocycles. The Bertz CT molecular complexity index is 619. The number of rotatable bonds is 4. The fraction of sp³-hybridized carbons (Fsp3) is 0.467. The molecular weight excluding hydrogens is 284 g/mol. The predicted molar refractivity (Wildman–Crippen MR) is 79.1 cm³/mol. The van der Waals surface area contributed by atoms with Gasteiger partial charge in [-0.15, -0.1) is 10.2 Å². The second kappa shape index (κ2) is 6.55. The number of ether oxygens (including phenoxy) is 1. The third-order valence-corrected chi connectivity index (χ3v) is 2.69. The Labute approximate surface area is 129 Å². The molecule has 0 aliphatic rings. The van der Waals surface area contributed by atoms with Gasteiger partial charge in [-0.25, -0.2) is 4.79 Å². The monoisotopic (exact) mass is 304 g/mol. The summed E-state index contributed by atoms with van der Waals surface area (Å²) in [6.07, 6.45) is 3.37. The van der Waals surface area contributed by atoms with Gasteiger partial charge < -0.3 is 14.5 Å². The Kier molecular flexibility index (Phi) is 4.75. The van der Waals surface area contributed by atoms with E-state index in [-0.39, 0.29) is 0 Å². The van der Waals surface area contributed by atoms with Crippen molar-refractivity contribution >= 4 is 6.09 Å². The lowest BCUT2D eigenvalue weighted by Crippen LogP contribution is -2.36. The topological polar surface area (TPSA) is 90.1 Å². The largest absolute Gasteiger partial charge is 0.444 e. The van der Waals surface area contributed by atoms with E-state index < -0.39 is 17.7 Å². The van der Waals surface area contributed by atoms with Crippen molar-refractivity contribution in [3.05, 3.63) is 41.9 Å². The second-order valence-electron chi connectivity index (χ2n) is 5.92. The SMILES string of the molecule is Cc1nnc([C@@H](Cc2cccnc2)NC(=O)OC(C)(C)C)o1. The zero-order valence-electron chi connectivity index (χ0n) is 13.2. The van der Waals surface area contributed by atoms with Crippen LogP contribution in [0.1, 0.15) is 44.2 Å². The van der Waals surface area contributed by atoms with Gasteiger partial charge in [-0.3, -0.25) is 4.98 Å². The van der Waals surface area contributed by atoms with E-state index in [1.165, 1.54) is 0 Å². The molecule has 118 valence electrons. The van der Waals surface area contributed by atoms with Gasteiger partial charge in [-0.2, -0.15) is 0 Å². The maximum Gasteiger partial charge on any atom is 0.408 e. The smallest absolute Gasteiger partial charge is 0.408 e. The summed E-state index contributed by atoms with van der Waals surface area (Å²) >= 11 is 0. The van der Waals surface area contributed by atoms with E-state index in [1.807, 2.05) is 12.1 Å². The van der Waals surface area contributed by atoms with E-state index in [2.05, 4.69) is 20.5 Å². The van der Waals surface area contributed by atoms with E-state index >= 15 is 0 Å². The first-order valence-electron chi connectivity index (χ1n) is 7.02. The Balaban J connectivity index is 2.13. The van der Waals surface area contributed by atoms with Crippen LogP contribution in [0.4, 0.5) is 4.79 Å². The molecule has 2 aromatic rings. The Morgan fingerprint density at radius 3 is 2.73 bits per heavy atom. The molecule has 0 radical (unpaired) electrons. The van der Waals surface area contributed by atoms with Crippen molar-refractivity contribution in [2.24, 2.45) is 0 Å². The molecule has 0 bridgehead atoms. The molecule has 1 amide bonds. The van der Waals surface area contributed by atoms with Crippen molar-refractivity contribution in [1.29, 1.82) is 0 Å². The third kappa shape index (κ3) is 4.83. The summed E-state index contributed by atoms with van der Waals surface area (Å²) in [5.41, 5.74) is 0.368.